The highest BCUT2D eigenvalue weighted by Gasteiger charge is 2.31. The standard InChI is InChI=1S/C16H16N4O4S/c1-10(16(21)19-11-7-8-14(24-2)17-9-11)18-15-12-5-3-4-6-13(12)25(22,23)20-15/h3-10H,1-2H3,(H,18,20)(H,19,21). The van der Waals surface area contributed by atoms with E-state index in [2.05, 4.69) is 20.0 Å². The third kappa shape index (κ3) is 3.45. The summed E-state index contributed by atoms with van der Waals surface area (Å²) in [5.74, 6) is 0.206. The molecule has 1 unspecified atom stereocenters. The topological polar surface area (TPSA) is 110 Å². The van der Waals surface area contributed by atoms with Gasteiger partial charge in [-0.25, -0.2) is 13.4 Å². The number of nitrogens with zero attached hydrogens (tertiary/aromatic N) is 2. The Morgan fingerprint density at radius 2 is 2.04 bits per heavy atom. The van der Waals surface area contributed by atoms with Crippen LogP contribution in [-0.4, -0.2) is 38.3 Å². The summed E-state index contributed by atoms with van der Waals surface area (Å²) < 4.78 is 31.4. The van der Waals surface area contributed by atoms with Crippen LogP contribution in [-0.2, 0) is 14.8 Å². The number of pyridine rings is 1. The molecule has 1 aliphatic heterocycles. The van der Waals surface area contributed by atoms with E-state index in [1.54, 1.807) is 37.3 Å². The number of ether oxygens (including phenoxy) is 1. The number of rotatable bonds is 4. The van der Waals surface area contributed by atoms with Gasteiger partial charge in [0.15, 0.2) is 0 Å². The number of benzene rings is 1. The predicted octanol–water partition coefficient (Wildman–Crippen LogP) is 1.16. The number of aliphatic imine (C=N–C) groups is 1. The molecule has 2 aromatic rings. The summed E-state index contributed by atoms with van der Waals surface area (Å²) in [4.78, 5) is 20.6. The van der Waals surface area contributed by atoms with Gasteiger partial charge in [0.1, 0.15) is 11.9 Å². The molecule has 0 saturated carbocycles. The quantitative estimate of drug-likeness (QED) is 0.850. The molecule has 1 aromatic heterocycles. The van der Waals surface area contributed by atoms with E-state index in [0.29, 0.717) is 17.1 Å². The van der Waals surface area contributed by atoms with Gasteiger partial charge in [0.05, 0.1) is 23.9 Å². The van der Waals surface area contributed by atoms with Crippen LogP contribution in [0.1, 0.15) is 12.5 Å². The van der Waals surface area contributed by atoms with Gasteiger partial charge in [-0.2, -0.15) is 0 Å². The van der Waals surface area contributed by atoms with Crippen molar-refractivity contribution in [3.8, 4) is 5.88 Å². The van der Waals surface area contributed by atoms with Crippen LogP contribution >= 0.6 is 0 Å². The summed E-state index contributed by atoms with van der Waals surface area (Å²) in [6, 6.07) is 8.95. The maximum Gasteiger partial charge on any atom is 0.263 e. The lowest BCUT2D eigenvalue weighted by atomic mass is 10.2. The van der Waals surface area contributed by atoms with E-state index in [1.807, 2.05) is 0 Å². The number of aromatic nitrogens is 1. The number of carbonyl (C=O) groups is 1. The van der Waals surface area contributed by atoms with Crippen LogP contribution in [0.2, 0.25) is 0 Å². The van der Waals surface area contributed by atoms with Crippen molar-refractivity contribution in [2.75, 3.05) is 12.4 Å². The van der Waals surface area contributed by atoms with Crippen molar-refractivity contribution in [1.29, 1.82) is 0 Å². The molecule has 3 rings (SSSR count). The number of methoxy groups -OCH3 is 1. The van der Waals surface area contributed by atoms with Crippen molar-refractivity contribution in [3.05, 3.63) is 48.2 Å². The molecule has 1 atom stereocenters. The normalized spacial score (nSPS) is 17.4. The molecule has 0 fully saturated rings. The van der Waals surface area contributed by atoms with Gasteiger partial charge in [0, 0.05) is 11.6 Å². The Labute approximate surface area is 145 Å². The number of amidine groups is 1. The Morgan fingerprint density at radius 1 is 1.28 bits per heavy atom. The molecule has 25 heavy (non-hydrogen) atoms. The van der Waals surface area contributed by atoms with Crippen molar-refractivity contribution in [3.63, 3.8) is 0 Å². The minimum Gasteiger partial charge on any atom is -0.481 e. The third-order valence-electron chi connectivity index (χ3n) is 3.58. The Morgan fingerprint density at radius 3 is 2.72 bits per heavy atom. The summed E-state index contributed by atoms with van der Waals surface area (Å²) in [5.41, 5.74) is 0.943. The molecule has 0 spiro atoms. The van der Waals surface area contributed by atoms with E-state index >= 15 is 0 Å². The molecule has 2 N–H and O–H groups in total. The monoisotopic (exact) mass is 360 g/mol. The zero-order valence-corrected chi connectivity index (χ0v) is 14.4. The molecule has 0 aliphatic carbocycles. The van der Waals surface area contributed by atoms with Gasteiger partial charge in [-0.1, -0.05) is 12.1 Å². The van der Waals surface area contributed by atoms with Gasteiger partial charge in [-0.15, -0.1) is 0 Å². The number of hydrogen-bond acceptors (Lipinski definition) is 6. The highest BCUT2D eigenvalue weighted by Crippen LogP contribution is 2.22. The van der Waals surface area contributed by atoms with E-state index in [0.717, 1.165) is 0 Å². The van der Waals surface area contributed by atoms with E-state index < -0.39 is 16.1 Å². The van der Waals surface area contributed by atoms with Crippen LogP contribution in [0.25, 0.3) is 0 Å². The lowest BCUT2D eigenvalue weighted by molar-refractivity contribution is -0.117. The molecule has 8 nitrogen and oxygen atoms in total. The minimum absolute atomic E-state index is 0.153. The number of fused-ring (bicyclic) bond motifs is 1. The van der Waals surface area contributed by atoms with E-state index in [1.165, 1.54) is 19.4 Å². The molecule has 2 heterocycles. The number of nitrogens with one attached hydrogen (secondary N) is 2. The number of carbonyl (C=O) groups excluding carboxylic acids is 1. The second-order valence-corrected chi connectivity index (χ2v) is 6.98. The van der Waals surface area contributed by atoms with Crippen LogP contribution in [0.4, 0.5) is 5.69 Å². The molecule has 0 saturated heterocycles. The fraction of sp³-hybridized carbons (Fsp3) is 0.188. The Balaban J connectivity index is 1.78. The zero-order valence-electron chi connectivity index (χ0n) is 13.6. The molecule has 9 heteroatoms. The molecule has 1 aromatic carbocycles. The Hall–Kier alpha value is -2.94. The summed E-state index contributed by atoms with van der Waals surface area (Å²) in [5, 5.41) is 2.67. The Bertz CT molecular complexity index is 939. The van der Waals surface area contributed by atoms with Crippen molar-refractivity contribution < 1.29 is 17.9 Å². The first-order chi connectivity index (χ1) is 11.9. The average molecular weight is 360 g/mol. The SMILES string of the molecule is COc1ccc(NC(=O)C(C)N=C2NS(=O)(=O)c3ccccc32)cn1. The van der Waals surface area contributed by atoms with E-state index in [4.69, 9.17) is 4.74 Å². The molecule has 130 valence electrons. The fourth-order valence-corrected chi connectivity index (χ4v) is 3.54. The highest BCUT2D eigenvalue weighted by molar-refractivity contribution is 7.90. The lowest BCUT2D eigenvalue weighted by Crippen LogP contribution is -2.28. The molecule has 1 amide bonds. The predicted molar refractivity (Wildman–Crippen MR) is 92.2 cm³/mol. The van der Waals surface area contributed by atoms with Crippen molar-refractivity contribution in [2.45, 2.75) is 17.9 Å². The van der Waals surface area contributed by atoms with Gasteiger partial charge in [-0.3, -0.25) is 14.5 Å². The number of amides is 1. The molecular formula is C16H16N4O4S. The van der Waals surface area contributed by atoms with Gasteiger partial charge < -0.3 is 10.1 Å². The van der Waals surface area contributed by atoms with Crippen LogP contribution in [0.3, 0.4) is 0 Å². The van der Waals surface area contributed by atoms with E-state index in [-0.39, 0.29) is 16.6 Å². The number of sulfonamides is 1. The van der Waals surface area contributed by atoms with Gasteiger partial charge in [-0.05, 0) is 25.1 Å². The molecule has 0 radical (unpaired) electrons. The van der Waals surface area contributed by atoms with Gasteiger partial charge >= 0.3 is 0 Å². The first-order valence-corrected chi connectivity index (χ1v) is 8.90. The lowest BCUT2D eigenvalue weighted by Gasteiger charge is -2.10. The first-order valence-electron chi connectivity index (χ1n) is 7.41. The van der Waals surface area contributed by atoms with Crippen LogP contribution in [0.15, 0.2) is 52.5 Å². The van der Waals surface area contributed by atoms with Crippen LogP contribution in [0, 0.1) is 0 Å². The Kier molecular flexibility index (Phi) is 4.41. The molecule has 0 bridgehead atoms. The maximum absolute atomic E-state index is 12.3. The summed E-state index contributed by atoms with van der Waals surface area (Å²) in [6.07, 6.45) is 1.46. The van der Waals surface area contributed by atoms with Gasteiger partial charge in [0.2, 0.25) is 11.8 Å². The van der Waals surface area contributed by atoms with Crippen molar-refractivity contribution in [1.82, 2.24) is 9.71 Å². The first kappa shape index (κ1) is 16.9. The smallest absolute Gasteiger partial charge is 0.263 e. The largest absolute Gasteiger partial charge is 0.481 e. The minimum atomic E-state index is -3.63. The summed E-state index contributed by atoms with van der Waals surface area (Å²) in [7, 11) is -2.13. The molecule has 1 aliphatic rings. The second kappa shape index (κ2) is 6.52. The summed E-state index contributed by atoms with van der Waals surface area (Å²) >= 11 is 0. The van der Waals surface area contributed by atoms with Gasteiger partial charge in [0.25, 0.3) is 10.0 Å². The fourth-order valence-electron chi connectivity index (χ4n) is 2.30. The van der Waals surface area contributed by atoms with Crippen molar-refractivity contribution >= 4 is 27.5 Å². The van der Waals surface area contributed by atoms with E-state index in [9.17, 15) is 13.2 Å². The molecular weight excluding hydrogens is 344 g/mol. The third-order valence-corrected chi connectivity index (χ3v) is 4.98. The van der Waals surface area contributed by atoms with Crippen LogP contribution < -0.4 is 14.8 Å². The summed E-state index contributed by atoms with van der Waals surface area (Å²) in [6.45, 7) is 1.58. The number of hydrogen-bond donors (Lipinski definition) is 2. The van der Waals surface area contributed by atoms with Crippen LogP contribution in [0.5, 0.6) is 5.88 Å². The average Bonchev–Trinajstić information content (AvgIpc) is 2.86. The maximum atomic E-state index is 12.3. The second-order valence-electron chi connectivity index (χ2n) is 5.33. The number of anilines is 1. The van der Waals surface area contributed by atoms with Crippen molar-refractivity contribution in [2.24, 2.45) is 4.99 Å². The zero-order chi connectivity index (χ0) is 18.0. The highest BCUT2D eigenvalue weighted by atomic mass is 32.2.